The Kier molecular flexibility index (Phi) is 5.20. The summed E-state index contributed by atoms with van der Waals surface area (Å²) in [5, 5.41) is 2.56. The van der Waals surface area contributed by atoms with Crippen LogP contribution in [0.1, 0.15) is 63.1 Å². The summed E-state index contributed by atoms with van der Waals surface area (Å²) in [5.74, 6) is 0.108. The number of fused-ring (bicyclic) bond motifs is 15. The number of hydrogen-bond acceptors (Lipinski definition) is 1. The first-order chi connectivity index (χ1) is 25.5. The van der Waals surface area contributed by atoms with Gasteiger partial charge in [0.15, 0.2) is 5.78 Å². The summed E-state index contributed by atoms with van der Waals surface area (Å²) < 4.78 is 0. The highest BCUT2D eigenvalue weighted by atomic mass is 16.1. The molecule has 8 aromatic carbocycles. The van der Waals surface area contributed by atoms with Crippen LogP contribution in [-0.4, -0.2) is 5.78 Å². The molecule has 242 valence electrons. The molecule has 0 saturated carbocycles. The van der Waals surface area contributed by atoms with Crippen molar-refractivity contribution < 1.29 is 4.79 Å². The third kappa shape index (κ3) is 3.16. The molecule has 1 spiro atoms. The van der Waals surface area contributed by atoms with Crippen LogP contribution in [0.25, 0.3) is 66.4 Å². The molecule has 0 aromatic heterocycles. The summed E-state index contributed by atoms with van der Waals surface area (Å²) in [5.41, 5.74) is 20.8. The molecular formula is C51H32O. The van der Waals surface area contributed by atoms with E-state index in [0.717, 1.165) is 27.8 Å². The summed E-state index contributed by atoms with van der Waals surface area (Å²) in [6.45, 7) is 4.50. The van der Waals surface area contributed by atoms with Crippen LogP contribution in [0.15, 0.2) is 158 Å². The average Bonchev–Trinajstić information content (AvgIpc) is 3.79. The molecule has 4 aliphatic carbocycles. The van der Waals surface area contributed by atoms with Gasteiger partial charge in [-0.2, -0.15) is 0 Å². The lowest BCUT2D eigenvalue weighted by atomic mass is 9.67. The fourth-order valence-corrected chi connectivity index (χ4v) is 10.8. The minimum absolute atomic E-state index is 0.108. The Labute approximate surface area is 302 Å². The van der Waals surface area contributed by atoms with E-state index in [-0.39, 0.29) is 11.2 Å². The van der Waals surface area contributed by atoms with Crippen LogP contribution < -0.4 is 0 Å². The Morgan fingerprint density at radius 1 is 0.365 bits per heavy atom. The van der Waals surface area contributed by atoms with Crippen molar-refractivity contribution in [2.24, 2.45) is 0 Å². The molecule has 8 aromatic rings. The lowest BCUT2D eigenvalue weighted by Crippen LogP contribution is -2.30. The largest absolute Gasteiger partial charge is 0.289 e. The highest BCUT2D eigenvalue weighted by Gasteiger charge is 2.53. The quantitative estimate of drug-likeness (QED) is 0.171. The average molecular weight is 661 g/mol. The molecule has 0 bridgehead atoms. The minimum atomic E-state index is -0.476. The van der Waals surface area contributed by atoms with E-state index in [9.17, 15) is 4.79 Å². The molecule has 12 rings (SSSR count). The van der Waals surface area contributed by atoms with Crippen molar-refractivity contribution in [3.8, 4) is 55.6 Å². The molecule has 0 heterocycles. The van der Waals surface area contributed by atoms with Gasteiger partial charge >= 0.3 is 0 Å². The third-order valence-electron chi connectivity index (χ3n) is 12.8. The van der Waals surface area contributed by atoms with Crippen molar-refractivity contribution in [2.75, 3.05) is 0 Å². The number of carbonyl (C=O) groups excluding carboxylic acids is 1. The second kappa shape index (κ2) is 9.51. The van der Waals surface area contributed by atoms with E-state index in [4.69, 9.17) is 0 Å². The van der Waals surface area contributed by atoms with Crippen molar-refractivity contribution in [3.05, 3.63) is 202 Å². The second-order valence-electron chi connectivity index (χ2n) is 15.5. The molecule has 0 saturated heterocycles. The highest BCUT2D eigenvalue weighted by Crippen LogP contribution is 2.67. The van der Waals surface area contributed by atoms with E-state index in [1.54, 1.807) is 0 Å². The monoisotopic (exact) mass is 660 g/mol. The van der Waals surface area contributed by atoms with Gasteiger partial charge in [0.1, 0.15) is 0 Å². The van der Waals surface area contributed by atoms with Crippen LogP contribution >= 0.6 is 0 Å². The number of ketones is 1. The lowest BCUT2D eigenvalue weighted by Gasteiger charge is -2.34. The maximum atomic E-state index is 14.5. The highest BCUT2D eigenvalue weighted by molar-refractivity contribution is 6.22. The van der Waals surface area contributed by atoms with E-state index in [2.05, 4.69) is 159 Å². The predicted molar refractivity (Wildman–Crippen MR) is 212 cm³/mol. The van der Waals surface area contributed by atoms with E-state index < -0.39 is 5.41 Å². The fraction of sp³-hybridized carbons (Fsp3) is 0.0784. The summed E-state index contributed by atoms with van der Waals surface area (Å²) in [7, 11) is 0. The fourth-order valence-electron chi connectivity index (χ4n) is 10.8. The molecule has 0 aliphatic heterocycles. The van der Waals surface area contributed by atoms with Gasteiger partial charge in [-0.25, -0.2) is 0 Å². The molecule has 0 N–H and O–H groups in total. The minimum Gasteiger partial charge on any atom is -0.289 e. The van der Waals surface area contributed by atoms with Gasteiger partial charge in [0.05, 0.1) is 5.41 Å². The van der Waals surface area contributed by atoms with Crippen LogP contribution in [0.2, 0.25) is 0 Å². The summed E-state index contributed by atoms with van der Waals surface area (Å²) in [4.78, 5) is 14.5. The number of benzene rings is 8. The van der Waals surface area contributed by atoms with Crippen LogP contribution in [0.4, 0.5) is 0 Å². The predicted octanol–water partition coefficient (Wildman–Crippen LogP) is 12.4. The molecule has 1 nitrogen and oxygen atoms in total. The Bertz CT molecular complexity index is 2900. The first-order valence-electron chi connectivity index (χ1n) is 18.3. The zero-order chi connectivity index (χ0) is 34.5. The molecule has 0 fully saturated rings. The molecular weight excluding hydrogens is 629 g/mol. The van der Waals surface area contributed by atoms with Gasteiger partial charge in [-0.1, -0.05) is 159 Å². The molecule has 52 heavy (non-hydrogen) atoms. The number of rotatable bonds is 1. The van der Waals surface area contributed by atoms with Gasteiger partial charge < -0.3 is 0 Å². The Morgan fingerprint density at radius 2 is 0.904 bits per heavy atom. The number of hydrogen-bond donors (Lipinski definition) is 0. The van der Waals surface area contributed by atoms with Crippen LogP contribution in [-0.2, 0) is 10.8 Å². The van der Waals surface area contributed by atoms with Gasteiger partial charge in [-0.3, -0.25) is 4.79 Å². The second-order valence-corrected chi connectivity index (χ2v) is 15.5. The van der Waals surface area contributed by atoms with Crippen molar-refractivity contribution in [3.63, 3.8) is 0 Å². The van der Waals surface area contributed by atoms with Crippen molar-refractivity contribution >= 4 is 16.6 Å². The van der Waals surface area contributed by atoms with Crippen LogP contribution in [0.5, 0.6) is 0 Å². The normalized spacial score (nSPS) is 15.5. The zero-order valence-electron chi connectivity index (χ0n) is 28.9. The van der Waals surface area contributed by atoms with Gasteiger partial charge in [0, 0.05) is 16.5 Å². The third-order valence-corrected chi connectivity index (χ3v) is 12.8. The van der Waals surface area contributed by atoms with Gasteiger partial charge in [0.25, 0.3) is 0 Å². The summed E-state index contributed by atoms with van der Waals surface area (Å²) in [6, 6.07) is 58.0. The van der Waals surface area contributed by atoms with Crippen molar-refractivity contribution in [1.29, 1.82) is 0 Å². The van der Waals surface area contributed by atoms with Crippen LogP contribution in [0.3, 0.4) is 0 Å². The Hall–Kier alpha value is -6.31. The Balaban J connectivity index is 1.26. The summed E-state index contributed by atoms with van der Waals surface area (Å²) in [6.07, 6.45) is 0. The first-order valence-corrected chi connectivity index (χ1v) is 18.3. The first kappa shape index (κ1) is 28.4. The topological polar surface area (TPSA) is 17.1 Å². The molecule has 0 unspecified atom stereocenters. The molecule has 0 amide bonds. The standard InChI is InChI=1S/C51H32O/c1-50(2)39-21-7-6-18-35(39)49(52)38-27-30(25-26-40(38)50)46-47-36-20-12-14-29-13-11-19-33(45(29)36)37(47)28-44-48(46)34-17-5-10-24-43(34)51(44)41-22-8-3-15-31(41)32-16-4-9-23-42(32)51/h3-28H,1-2H3. The smallest absolute Gasteiger partial charge is 0.193 e. The van der Waals surface area contributed by atoms with Crippen LogP contribution in [0, 0.1) is 0 Å². The van der Waals surface area contributed by atoms with Gasteiger partial charge in [-0.05, 0) is 112 Å². The molecule has 1 heteroatoms. The lowest BCUT2D eigenvalue weighted by molar-refractivity contribution is 0.103. The molecule has 4 aliphatic rings. The molecule has 0 atom stereocenters. The van der Waals surface area contributed by atoms with Gasteiger partial charge in [0.2, 0.25) is 0 Å². The summed E-state index contributed by atoms with van der Waals surface area (Å²) >= 11 is 0. The maximum Gasteiger partial charge on any atom is 0.193 e. The molecule has 0 radical (unpaired) electrons. The Morgan fingerprint density at radius 3 is 1.60 bits per heavy atom. The van der Waals surface area contributed by atoms with E-state index in [0.29, 0.717) is 0 Å². The van der Waals surface area contributed by atoms with E-state index >= 15 is 0 Å². The maximum absolute atomic E-state index is 14.5. The van der Waals surface area contributed by atoms with E-state index in [1.165, 1.54) is 83.1 Å². The van der Waals surface area contributed by atoms with Crippen molar-refractivity contribution in [1.82, 2.24) is 0 Å². The van der Waals surface area contributed by atoms with Gasteiger partial charge in [-0.15, -0.1) is 0 Å². The zero-order valence-corrected chi connectivity index (χ0v) is 28.9. The van der Waals surface area contributed by atoms with E-state index in [1.807, 2.05) is 12.1 Å². The number of carbonyl (C=O) groups is 1. The van der Waals surface area contributed by atoms with Crippen molar-refractivity contribution in [2.45, 2.75) is 24.7 Å². The SMILES string of the molecule is CC1(C)c2ccccc2C(=O)c2cc(-c3c4c(cc5c3-c3ccccc3C53c5ccccc5-c5ccccc53)-c3cccc5cccc-4c35)ccc21.